The first-order valence-electron chi connectivity index (χ1n) is 18.7. The summed E-state index contributed by atoms with van der Waals surface area (Å²) < 4.78 is 19.3. The SMILES string of the molecule is CC(=O)O[C@@H]1C[C@@]23COC[C@](C)([C@@H]2CC[C@H]2C3=CC[C@@]3(C)[C@H](C(=O)O)[C@@](C)([C@H](C)C(C)C)CC[C@]23C)[C@H]1OCCN=C(NC#N)NC(C)C. The van der Waals surface area contributed by atoms with Crippen LogP contribution in [-0.4, -0.2) is 67.6 Å². The van der Waals surface area contributed by atoms with E-state index >= 15 is 0 Å². The van der Waals surface area contributed by atoms with Crippen LogP contribution < -0.4 is 10.6 Å². The van der Waals surface area contributed by atoms with Gasteiger partial charge in [-0.15, -0.1) is 0 Å². The topological polar surface area (TPSA) is 142 Å². The van der Waals surface area contributed by atoms with Gasteiger partial charge in [0.1, 0.15) is 12.2 Å². The third-order valence-corrected chi connectivity index (χ3v) is 14.6. The van der Waals surface area contributed by atoms with Crippen LogP contribution in [0.15, 0.2) is 16.6 Å². The van der Waals surface area contributed by atoms with Gasteiger partial charge in [0.05, 0.1) is 32.3 Å². The molecule has 5 rings (SSSR count). The molecule has 3 N–H and O–H groups in total. The Hall–Kier alpha value is -2.64. The van der Waals surface area contributed by atoms with E-state index in [1.165, 1.54) is 12.5 Å². The summed E-state index contributed by atoms with van der Waals surface area (Å²) in [6.07, 6.45) is 8.75. The maximum absolute atomic E-state index is 13.4. The molecule has 5 aliphatic rings. The largest absolute Gasteiger partial charge is 0.481 e. The highest BCUT2D eigenvalue weighted by atomic mass is 16.6. The van der Waals surface area contributed by atoms with Crippen LogP contribution in [0.5, 0.6) is 0 Å². The standard InChI is InChI=1S/C39H62N4O6/c1-23(2)25(5)35(7)15-16-37(9)27-11-12-30-36(8)20-47-21-39(30,28(27)13-14-38(37,10)31(35)33(45)46)19-29(49-26(6)44)32(36)48-18-17-41-34(42-22-40)43-24(3)4/h13,23-25,27,29-32H,11-12,14-21H2,1-10H3,(H,45,46)(H2,41,42,43)/t25-,27+,29-,30+,31-,32+,35-,36-,37-,38+,39+/m1/s1. The number of nitrogens with zero attached hydrogens (tertiary/aromatic N) is 2. The Bertz CT molecular complexity index is 1390. The lowest BCUT2D eigenvalue weighted by molar-refractivity contribution is -0.266. The number of allylic oxidation sites excluding steroid dienone is 1. The number of nitrogens with one attached hydrogen (secondary N) is 2. The number of esters is 1. The fourth-order valence-corrected chi connectivity index (χ4v) is 12.0. The first-order chi connectivity index (χ1) is 22.9. The zero-order valence-corrected chi connectivity index (χ0v) is 31.7. The molecule has 274 valence electrons. The number of aliphatic imine (C=N–C) groups is 1. The average molecular weight is 683 g/mol. The number of carbonyl (C=O) groups is 2. The number of carboxylic acid groups (broad SMARTS) is 1. The van der Waals surface area contributed by atoms with E-state index in [0.717, 1.165) is 32.1 Å². The summed E-state index contributed by atoms with van der Waals surface area (Å²) in [4.78, 5) is 30.5. The number of guanidine groups is 1. The molecular weight excluding hydrogens is 620 g/mol. The van der Waals surface area contributed by atoms with Gasteiger partial charge in [0.25, 0.3) is 0 Å². The minimum absolute atomic E-state index is 0.111. The smallest absolute Gasteiger partial charge is 0.307 e. The van der Waals surface area contributed by atoms with Crippen molar-refractivity contribution < 1.29 is 28.9 Å². The molecule has 1 aliphatic heterocycles. The summed E-state index contributed by atoms with van der Waals surface area (Å²) in [6.45, 7) is 23.0. The molecule has 10 nitrogen and oxygen atoms in total. The summed E-state index contributed by atoms with van der Waals surface area (Å²) >= 11 is 0. The number of nitriles is 1. The second-order valence-electron chi connectivity index (χ2n) is 17.8. The summed E-state index contributed by atoms with van der Waals surface area (Å²) in [5, 5.41) is 25.9. The zero-order chi connectivity index (χ0) is 36.2. The fourth-order valence-electron chi connectivity index (χ4n) is 12.0. The molecule has 3 saturated carbocycles. The van der Waals surface area contributed by atoms with E-state index in [1.54, 1.807) is 0 Å². The first kappa shape index (κ1) is 37.6. The van der Waals surface area contributed by atoms with Crippen molar-refractivity contribution in [1.29, 1.82) is 5.26 Å². The molecule has 4 aliphatic carbocycles. The Morgan fingerprint density at radius 3 is 2.43 bits per heavy atom. The second-order valence-corrected chi connectivity index (χ2v) is 17.8. The fraction of sp³-hybridized carbons (Fsp3) is 0.846. The highest BCUT2D eigenvalue weighted by Gasteiger charge is 2.72. The highest BCUT2D eigenvalue weighted by molar-refractivity contribution is 5.81. The van der Waals surface area contributed by atoms with Crippen molar-refractivity contribution in [2.45, 2.75) is 126 Å². The molecule has 4 fully saturated rings. The van der Waals surface area contributed by atoms with Crippen molar-refractivity contribution in [3.8, 4) is 6.19 Å². The summed E-state index contributed by atoms with van der Waals surface area (Å²) in [5.74, 6) is 0.166. The number of fused-ring (bicyclic) bond motifs is 3. The van der Waals surface area contributed by atoms with Crippen molar-refractivity contribution in [1.82, 2.24) is 10.6 Å². The number of aliphatic carboxylic acids is 1. The van der Waals surface area contributed by atoms with Crippen molar-refractivity contribution in [3.63, 3.8) is 0 Å². The van der Waals surface area contributed by atoms with E-state index in [-0.39, 0.29) is 52.1 Å². The molecule has 2 bridgehead atoms. The normalized spacial score (nSPS) is 42.1. The van der Waals surface area contributed by atoms with Crippen LogP contribution >= 0.6 is 0 Å². The maximum Gasteiger partial charge on any atom is 0.307 e. The van der Waals surface area contributed by atoms with Gasteiger partial charge >= 0.3 is 11.9 Å². The molecule has 0 radical (unpaired) electrons. The average Bonchev–Trinajstić information content (AvgIpc) is 2.99. The van der Waals surface area contributed by atoms with Crippen LogP contribution in [-0.2, 0) is 23.8 Å². The van der Waals surface area contributed by atoms with E-state index in [9.17, 15) is 14.7 Å². The van der Waals surface area contributed by atoms with Gasteiger partial charge in [-0.2, -0.15) is 5.26 Å². The van der Waals surface area contributed by atoms with E-state index in [0.29, 0.717) is 44.7 Å². The van der Waals surface area contributed by atoms with E-state index in [4.69, 9.17) is 19.5 Å². The Kier molecular flexibility index (Phi) is 10.4. The number of hydrogen-bond donors (Lipinski definition) is 3. The van der Waals surface area contributed by atoms with Crippen LogP contribution in [0.3, 0.4) is 0 Å². The van der Waals surface area contributed by atoms with Gasteiger partial charge in [0.15, 0.2) is 6.19 Å². The Balaban J connectivity index is 1.49. The third-order valence-electron chi connectivity index (χ3n) is 14.6. The molecule has 0 spiro atoms. The zero-order valence-electron chi connectivity index (χ0n) is 31.7. The van der Waals surface area contributed by atoms with Gasteiger partial charge < -0.3 is 24.6 Å². The monoisotopic (exact) mass is 682 g/mol. The van der Waals surface area contributed by atoms with Crippen LogP contribution in [0.4, 0.5) is 0 Å². The van der Waals surface area contributed by atoms with Crippen molar-refractivity contribution in [3.05, 3.63) is 11.6 Å². The van der Waals surface area contributed by atoms with Gasteiger partial charge in [0.2, 0.25) is 5.96 Å². The molecule has 1 saturated heterocycles. The predicted octanol–water partition coefficient (Wildman–Crippen LogP) is 6.32. The van der Waals surface area contributed by atoms with Gasteiger partial charge in [-0.3, -0.25) is 19.9 Å². The van der Waals surface area contributed by atoms with Crippen LogP contribution in [0.1, 0.15) is 108 Å². The maximum atomic E-state index is 13.4. The lowest BCUT2D eigenvalue weighted by Crippen LogP contribution is -2.70. The quantitative estimate of drug-likeness (QED) is 0.0485. The Labute approximate surface area is 294 Å². The molecule has 1 heterocycles. The van der Waals surface area contributed by atoms with Crippen LogP contribution in [0.25, 0.3) is 0 Å². The number of ether oxygens (including phenoxy) is 3. The molecule has 49 heavy (non-hydrogen) atoms. The van der Waals surface area contributed by atoms with Gasteiger partial charge in [0, 0.05) is 23.8 Å². The number of carboxylic acids is 1. The van der Waals surface area contributed by atoms with E-state index in [1.807, 2.05) is 20.0 Å². The Morgan fingerprint density at radius 2 is 1.82 bits per heavy atom. The molecule has 0 aromatic heterocycles. The predicted molar refractivity (Wildman–Crippen MR) is 188 cm³/mol. The lowest BCUT2D eigenvalue weighted by Gasteiger charge is -2.71. The van der Waals surface area contributed by atoms with E-state index in [2.05, 4.69) is 70.2 Å². The number of hydrogen-bond acceptors (Lipinski definition) is 7. The highest BCUT2D eigenvalue weighted by Crippen LogP contribution is 2.75. The molecule has 11 atom stereocenters. The minimum atomic E-state index is -0.659. The van der Waals surface area contributed by atoms with Crippen molar-refractivity contribution >= 4 is 17.9 Å². The van der Waals surface area contributed by atoms with E-state index < -0.39 is 28.8 Å². The summed E-state index contributed by atoms with van der Waals surface area (Å²) in [6, 6.07) is 0.111. The molecule has 0 unspecified atom stereocenters. The lowest BCUT2D eigenvalue weighted by atomic mass is 9.34. The molecule has 10 heteroatoms. The van der Waals surface area contributed by atoms with Gasteiger partial charge in [-0.1, -0.05) is 60.1 Å². The summed E-state index contributed by atoms with van der Waals surface area (Å²) in [7, 11) is 0. The minimum Gasteiger partial charge on any atom is -0.481 e. The van der Waals surface area contributed by atoms with Crippen molar-refractivity contribution in [2.24, 2.45) is 61.7 Å². The van der Waals surface area contributed by atoms with Crippen LogP contribution in [0.2, 0.25) is 0 Å². The first-order valence-corrected chi connectivity index (χ1v) is 18.7. The molecular formula is C39H62N4O6. The number of carbonyl (C=O) groups excluding carboxylic acids is 1. The Morgan fingerprint density at radius 1 is 1.10 bits per heavy atom. The third kappa shape index (κ3) is 5.99. The molecule has 0 amide bonds. The number of rotatable bonds is 9. The molecule has 0 aromatic carbocycles. The second kappa shape index (κ2) is 13.5. The van der Waals surface area contributed by atoms with Gasteiger partial charge in [-0.05, 0) is 92.3 Å². The molecule has 0 aromatic rings. The van der Waals surface area contributed by atoms with Crippen LogP contribution in [0, 0.1) is 68.1 Å². The summed E-state index contributed by atoms with van der Waals surface area (Å²) in [5.41, 5.74) is -0.187. The van der Waals surface area contributed by atoms with Gasteiger partial charge in [-0.25, -0.2) is 0 Å². The van der Waals surface area contributed by atoms with Crippen molar-refractivity contribution in [2.75, 3.05) is 26.4 Å².